The van der Waals surface area contributed by atoms with E-state index in [9.17, 15) is 13.2 Å². The largest absolute Gasteiger partial charge is 0.348 e. The standard InChI is InChI=1S/C22H28ClN3O3S/c1-16-7-8-19(13-17(16)2)18(3)24-22(27)15-25-9-11-26(12-10-25)30(28,29)21-6-4-5-20(23)14-21/h4-8,13-14,18H,9-12,15H2,1-3H3,(H,24,27). The van der Waals surface area contributed by atoms with Gasteiger partial charge in [0.2, 0.25) is 15.9 Å². The van der Waals surface area contributed by atoms with Gasteiger partial charge < -0.3 is 5.32 Å². The van der Waals surface area contributed by atoms with Crippen molar-refractivity contribution in [3.8, 4) is 0 Å². The van der Waals surface area contributed by atoms with Gasteiger partial charge in [0.15, 0.2) is 0 Å². The van der Waals surface area contributed by atoms with E-state index in [1.54, 1.807) is 18.2 Å². The van der Waals surface area contributed by atoms with Gasteiger partial charge in [0.05, 0.1) is 17.5 Å². The normalized spacial score (nSPS) is 16.9. The summed E-state index contributed by atoms with van der Waals surface area (Å²) in [6.07, 6.45) is 0. The zero-order valence-corrected chi connectivity index (χ0v) is 19.1. The number of hydrogen-bond acceptors (Lipinski definition) is 4. The van der Waals surface area contributed by atoms with Crippen molar-refractivity contribution in [2.45, 2.75) is 31.7 Å². The Balaban J connectivity index is 1.52. The summed E-state index contributed by atoms with van der Waals surface area (Å²) in [5.41, 5.74) is 3.50. The highest BCUT2D eigenvalue weighted by Gasteiger charge is 2.29. The van der Waals surface area contributed by atoms with Gasteiger partial charge in [0.25, 0.3) is 0 Å². The number of halogens is 1. The van der Waals surface area contributed by atoms with Crippen molar-refractivity contribution in [3.05, 3.63) is 64.2 Å². The molecule has 1 fully saturated rings. The van der Waals surface area contributed by atoms with Gasteiger partial charge in [-0.05, 0) is 55.7 Å². The van der Waals surface area contributed by atoms with E-state index in [0.29, 0.717) is 31.2 Å². The Morgan fingerprint density at radius 3 is 2.40 bits per heavy atom. The van der Waals surface area contributed by atoms with Crippen LogP contribution >= 0.6 is 11.6 Å². The number of carbonyl (C=O) groups excluding carboxylic acids is 1. The summed E-state index contributed by atoms with van der Waals surface area (Å²) < 4.78 is 27.0. The molecule has 0 saturated carbocycles. The van der Waals surface area contributed by atoms with Gasteiger partial charge in [-0.25, -0.2) is 8.42 Å². The number of nitrogens with zero attached hydrogens (tertiary/aromatic N) is 2. The summed E-state index contributed by atoms with van der Waals surface area (Å²) in [6.45, 7) is 8.04. The lowest BCUT2D eigenvalue weighted by Crippen LogP contribution is -2.51. The molecule has 0 bridgehead atoms. The molecule has 1 N–H and O–H groups in total. The van der Waals surface area contributed by atoms with E-state index in [1.165, 1.54) is 21.5 Å². The van der Waals surface area contributed by atoms with Crippen molar-refractivity contribution in [2.75, 3.05) is 32.7 Å². The number of sulfonamides is 1. The molecule has 1 saturated heterocycles. The zero-order chi connectivity index (χ0) is 21.9. The Morgan fingerprint density at radius 2 is 1.77 bits per heavy atom. The van der Waals surface area contributed by atoms with E-state index in [1.807, 2.05) is 17.9 Å². The minimum Gasteiger partial charge on any atom is -0.348 e. The van der Waals surface area contributed by atoms with Gasteiger partial charge in [-0.1, -0.05) is 35.9 Å². The number of piperazine rings is 1. The van der Waals surface area contributed by atoms with Crippen LogP contribution in [0.25, 0.3) is 0 Å². The van der Waals surface area contributed by atoms with Gasteiger partial charge in [0.1, 0.15) is 0 Å². The minimum atomic E-state index is -3.58. The average Bonchev–Trinajstić information content (AvgIpc) is 2.70. The SMILES string of the molecule is Cc1ccc(C(C)NC(=O)CN2CCN(S(=O)(=O)c3cccc(Cl)c3)CC2)cc1C. The molecule has 0 spiro atoms. The minimum absolute atomic E-state index is 0.0631. The molecule has 2 aromatic carbocycles. The van der Waals surface area contributed by atoms with Gasteiger partial charge in [-0.2, -0.15) is 4.31 Å². The molecule has 1 amide bonds. The Kier molecular flexibility index (Phi) is 7.18. The summed E-state index contributed by atoms with van der Waals surface area (Å²) in [5, 5.41) is 3.43. The van der Waals surface area contributed by atoms with Crippen LogP contribution < -0.4 is 5.32 Å². The first-order valence-corrected chi connectivity index (χ1v) is 11.8. The second-order valence-electron chi connectivity index (χ2n) is 7.77. The fourth-order valence-electron chi connectivity index (χ4n) is 3.51. The third kappa shape index (κ3) is 5.40. The molecule has 30 heavy (non-hydrogen) atoms. The van der Waals surface area contributed by atoms with Crippen molar-refractivity contribution in [1.29, 1.82) is 0 Å². The molecule has 0 radical (unpaired) electrons. The van der Waals surface area contributed by atoms with E-state index < -0.39 is 10.0 Å². The van der Waals surface area contributed by atoms with Crippen molar-refractivity contribution < 1.29 is 13.2 Å². The molecular formula is C22H28ClN3O3S. The predicted molar refractivity (Wildman–Crippen MR) is 119 cm³/mol. The molecule has 1 unspecified atom stereocenters. The maximum atomic E-state index is 12.8. The summed E-state index contributed by atoms with van der Waals surface area (Å²) in [4.78, 5) is 14.7. The maximum Gasteiger partial charge on any atom is 0.243 e. The fourth-order valence-corrected chi connectivity index (χ4v) is 5.24. The number of amides is 1. The highest BCUT2D eigenvalue weighted by molar-refractivity contribution is 7.89. The van der Waals surface area contributed by atoms with E-state index in [0.717, 1.165) is 5.56 Å². The molecule has 8 heteroatoms. The topological polar surface area (TPSA) is 69.7 Å². The molecule has 0 aliphatic carbocycles. The maximum absolute atomic E-state index is 12.8. The molecule has 6 nitrogen and oxygen atoms in total. The van der Waals surface area contributed by atoms with E-state index in [2.05, 4.69) is 31.3 Å². The van der Waals surface area contributed by atoms with E-state index in [-0.39, 0.29) is 23.4 Å². The molecule has 2 aromatic rings. The number of rotatable bonds is 6. The van der Waals surface area contributed by atoms with E-state index in [4.69, 9.17) is 11.6 Å². The first kappa shape index (κ1) is 22.7. The smallest absolute Gasteiger partial charge is 0.243 e. The van der Waals surface area contributed by atoms with Crippen LogP contribution in [0.2, 0.25) is 5.02 Å². The molecule has 1 heterocycles. The second-order valence-corrected chi connectivity index (χ2v) is 10.1. The lowest BCUT2D eigenvalue weighted by Gasteiger charge is -2.33. The summed E-state index contributed by atoms with van der Waals surface area (Å²) in [6, 6.07) is 12.4. The van der Waals surface area contributed by atoms with Crippen LogP contribution in [0.15, 0.2) is 47.4 Å². The van der Waals surface area contributed by atoms with Gasteiger partial charge in [0, 0.05) is 31.2 Å². The van der Waals surface area contributed by atoms with Crippen LogP contribution in [-0.2, 0) is 14.8 Å². The lowest BCUT2D eigenvalue weighted by atomic mass is 10.0. The summed E-state index contributed by atoms with van der Waals surface area (Å²) in [5.74, 6) is -0.0631. The highest BCUT2D eigenvalue weighted by atomic mass is 35.5. The number of nitrogens with one attached hydrogen (secondary N) is 1. The van der Waals surface area contributed by atoms with Gasteiger partial charge in [-0.3, -0.25) is 9.69 Å². The molecule has 1 atom stereocenters. The van der Waals surface area contributed by atoms with Gasteiger partial charge in [-0.15, -0.1) is 0 Å². The second kappa shape index (κ2) is 9.47. The van der Waals surface area contributed by atoms with Crippen molar-refractivity contribution in [3.63, 3.8) is 0 Å². The third-order valence-electron chi connectivity index (χ3n) is 5.54. The third-order valence-corrected chi connectivity index (χ3v) is 7.67. The zero-order valence-electron chi connectivity index (χ0n) is 17.6. The lowest BCUT2D eigenvalue weighted by molar-refractivity contribution is -0.123. The van der Waals surface area contributed by atoms with Crippen LogP contribution in [0.5, 0.6) is 0 Å². The van der Waals surface area contributed by atoms with Crippen LogP contribution in [0, 0.1) is 13.8 Å². The van der Waals surface area contributed by atoms with Crippen LogP contribution in [0.3, 0.4) is 0 Å². The van der Waals surface area contributed by atoms with Crippen LogP contribution in [0.1, 0.15) is 29.7 Å². The first-order chi connectivity index (χ1) is 14.2. The van der Waals surface area contributed by atoms with Crippen LogP contribution in [-0.4, -0.2) is 56.3 Å². The van der Waals surface area contributed by atoms with E-state index >= 15 is 0 Å². The molecule has 162 valence electrons. The summed E-state index contributed by atoms with van der Waals surface area (Å²) in [7, 11) is -3.58. The molecule has 1 aliphatic heterocycles. The fraction of sp³-hybridized carbons (Fsp3) is 0.409. The average molecular weight is 450 g/mol. The quantitative estimate of drug-likeness (QED) is 0.735. The van der Waals surface area contributed by atoms with Crippen molar-refractivity contribution >= 4 is 27.5 Å². The monoisotopic (exact) mass is 449 g/mol. The van der Waals surface area contributed by atoms with Gasteiger partial charge >= 0.3 is 0 Å². The predicted octanol–water partition coefficient (Wildman–Crippen LogP) is 3.14. The Labute approximate surface area is 183 Å². The summed E-state index contributed by atoms with van der Waals surface area (Å²) >= 11 is 5.94. The number of aryl methyl sites for hydroxylation is 2. The van der Waals surface area contributed by atoms with Crippen molar-refractivity contribution in [2.24, 2.45) is 0 Å². The number of carbonyl (C=O) groups is 1. The molecule has 3 rings (SSSR count). The van der Waals surface area contributed by atoms with Crippen molar-refractivity contribution in [1.82, 2.24) is 14.5 Å². The Morgan fingerprint density at radius 1 is 1.07 bits per heavy atom. The highest BCUT2D eigenvalue weighted by Crippen LogP contribution is 2.21. The Bertz CT molecular complexity index is 1020. The molecular weight excluding hydrogens is 422 g/mol. The first-order valence-electron chi connectivity index (χ1n) is 10.0. The molecule has 0 aromatic heterocycles. The number of benzene rings is 2. The molecule has 1 aliphatic rings. The number of hydrogen-bond donors (Lipinski definition) is 1. The van der Waals surface area contributed by atoms with Crippen LogP contribution in [0.4, 0.5) is 0 Å². The Hall–Kier alpha value is -1.93.